The maximum Gasteiger partial charge on any atom is 0.328 e. The summed E-state index contributed by atoms with van der Waals surface area (Å²) in [6, 6.07) is 11.0. The third-order valence-corrected chi connectivity index (χ3v) is 5.30. The van der Waals surface area contributed by atoms with E-state index in [-0.39, 0.29) is 31.0 Å². The second-order valence-corrected chi connectivity index (χ2v) is 7.54. The molecule has 1 fully saturated rings. The molecule has 2 atom stereocenters. The molecule has 1 aliphatic rings. The Morgan fingerprint density at radius 2 is 1.90 bits per heavy atom. The minimum absolute atomic E-state index is 0.0377. The van der Waals surface area contributed by atoms with Crippen LogP contribution in [0.25, 0.3) is 0 Å². The first-order valence-electron chi connectivity index (χ1n) is 9.93. The maximum absolute atomic E-state index is 12.9. The fourth-order valence-electron chi connectivity index (χ4n) is 3.62. The molecule has 3 rings (SSSR count). The second-order valence-electron chi connectivity index (χ2n) is 7.54. The third kappa shape index (κ3) is 5.14. The molecule has 2 N–H and O–H groups in total. The van der Waals surface area contributed by atoms with Crippen molar-refractivity contribution in [2.75, 3.05) is 25.7 Å². The van der Waals surface area contributed by atoms with Crippen LogP contribution in [-0.2, 0) is 25.5 Å². The summed E-state index contributed by atoms with van der Waals surface area (Å²) in [5.41, 5.74) is 2.34. The summed E-state index contributed by atoms with van der Waals surface area (Å²) in [5, 5.41) is 12.1. The summed E-state index contributed by atoms with van der Waals surface area (Å²) in [4.78, 5) is 39.3. The zero-order valence-electron chi connectivity index (χ0n) is 17.8. The molecule has 2 unspecified atom stereocenters. The van der Waals surface area contributed by atoms with E-state index >= 15 is 0 Å². The fraction of sp³-hybridized carbons (Fsp3) is 0.348. The summed E-state index contributed by atoms with van der Waals surface area (Å²) in [7, 11) is 2.78. The Kier molecular flexibility index (Phi) is 6.79. The van der Waals surface area contributed by atoms with Gasteiger partial charge in [-0.2, -0.15) is 0 Å². The van der Waals surface area contributed by atoms with Crippen LogP contribution in [0.3, 0.4) is 0 Å². The van der Waals surface area contributed by atoms with Gasteiger partial charge >= 0.3 is 5.97 Å². The van der Waals surface area contributed by atoms with Gasteiger partial charge in [0.2, 0.25) is 11.8 Å². The van der Waals surface area contributed by atoms with Crippen molar-refractivity contribution in [3.05, 3.63) is 53.6 Å². The van der Waals surface area contributed by atoms with Crippen LogP contribution in [0.2, 0.25) is 0 Å². The normalized spacial score (nSPS) is 16.7. The van der Waals surface area contributed by atoms with Crippen LogP contribution < -0.4 is 15.0 Å². The van der Waals surface area contributed by atoms with Gasteiger partial charge in [0.1, 0.15) is 17.5 Å². The van der Waals surface area contributed by atoms with Crippen LogP contribution in [0.1, 0.15) is 17.5 Å². The summed E-state index contributed by atoms with van der Waals surface area (Å²) >= 11 is 0. The highest BCUT2D eigenvalue weighted by Crippen LogP contribution is 2.34. The highest BCUT2D eigenvalue weighted by Gasteiger charge is 2.37. The summed E-state index contributed by atoms with van der Waals surface area (Å²) in [6.45, 7) is 2.11. The number of ether oxygens (including phenoxy) is 2. The van der Waals surface area contributed by atoms with Crippen molar-refractivity contribution in [2.24, 2.45) is 5.92 Å². The molecule has 1 aliphatic heterocycles. The minimum Gasteiger partial charge on any atom is -0.508 e. The number of rotatable bonds is 7. The molecule has 2 aromatic carbocycles. The first-order valence-corrected chi connectivity index (χ1v) is 9.93. The molecule has 164 valence electrons. The lowest BCUT2D eigenvalue weighted by atomic mass is 10.0. The van der Waals surface area contributed by atoms with E-state index < -0.39 is 23.8 Å². The number of carbonyl (C=O) groups excluding carboxylic acids is 3. The van der Waals surface area contributed by atoms with Gasteiger partial charge in [-0.15, -0.1) is 0 Å². The molecule has 2 amide bonds. The van der Waals surface area contributed by atoms with Crippen molar-refractivity contribution in [2.45, 2.75) is 25.8 Å². The van der Waals surface area contributed by atoms with Gasteiger partial charge in [0, 0.05) is 19.4 Å². The molecule has 0 bridgehead atoms. The number of hydrogen-bond acceptors (Lipinski definition) is 6. The van der Waals surface area contributed by atoms with Crippen LogP contribution in [0.5, 0.6) is 11.5 Å². The van der Waals surface area contributed by atoms with Gasteiger partial charge in [0.05, 0.1) is 25.8 Å². The van der Waals surface area contributed by atoms with Gasteiger partial charge in [-0.05, 0) is 42.3 Å². The Morgan fingerprint density at radius 1 is 1.19 bits per heavy atom. The fourth-order valence-corrected chi connectivity index (χ4v) is 3.62. The van der Waals surface area contributed by atoms with Crippen LogP contribution in [0.15, 0.2) is 42.5 Å². The average Bonchev–Trinajstić information content (AvgIpc) is 3.15. The quantitative estimate of drug-likeness (QED) is 0.656. The number of phenolic OH excluding ortho intramolecular Hbond substituents is 1. The topological polar surface area (TPSA) is 105 Å². The zero-order chi connectivity index (χ0) is 22.5. The molecule has 8 nitrogen and oxygen atoms in total. The number of anilines is 1. The number of aromatic hydroxyl groups is 1. The molecule has 0 saturated carbocycles. The van der Waals surface area contributed by atoms with E-state index in [9.17, 15) is 19.5 Å². The number of aryl methyl sites for hydroxylation is 1. The highest BCUT2D eigenvalue weighted by molar-refractivity contribution is 6.01. The smallest absolute Gasteiger partial charge is 0.328 e. The highest BCUT2D eigenvalue weighted by atomic mass is 16.5. The predicted molar refractivity (Wildman–Crippen MR) is 114 cm³/mol. The number of amides is 2. The average molecular weight is 426 g/mol. The van der Waals surface area contributed by atoms with Crippen LogP contribution >= 0.6 is 0 Å². The van der Waals surface area contributed by atoms with Crippen molar-refractivity contribution in [3.63, 3.8) is 0 Å². The van der Waals surface area contributed by atoms with E-state index in [1.54, 1.807) is 23.1 Å². The number of nitrogens with one attached hydrogen (secondary N) is 1. The van der Waals surface area contributed by atoms with Crippen LogP contribution in [-0.4, -0.2) is 49.7 Å². The van der Waals surface area contributed by atoms with Gasteiger partial charge in [-0.25, -0.2) is 4.79 Å². The lowest BCUT2D eigenvalue weighted by Crippen LogP contribution is -2.46. The number of phenols is 1. The van der Waals surface area contributed by atoms with E-state index in [0.717, 1.165) is 11.1 Å². The number of benzene rings is 2. The molecular formula is C23H26N2O6. The molecule has 8 heteroatoms. The molecule has 0 aromatic heterocycles. The van der Waals surface area contributed by atoms with Crippen molar-refractivity contribution < 1.29 is 29.0 Å². The molecule has 31 heavy (non-hydrogen) atoms. The molecule has 0 aliphatic carbocycles. The van der Waals surface area contributed by atoms with Gasteiger partial charge in [-0.1, -0.05) is 18.2 Å². The summed E-state index contributed by atoms with van der Waals surface area (Å²) in [6.07, 6.45) is 0.241. The Hall–Kier alpha value is -3.55. The zero-order valence-corrected chi connectivity index (χ0v) is 17.8. The number of methoxy groups -OCH3 is 2. The summed E-state index contributed by atoms with van der Waals surface area (Å²) in [5.74, 6) is -1.10. The van der Waals surface area contributed by atoms with Gasteiger partial charge in [-0.3, -0.25) is 9.59 Å². The van der Waals surface area contributed by atoms with E-state index in [1.807, 2.05) is 19.1 Å². The summed E-state index contributed by atoms with van der Waals surface area (Å²) < 4.78 is 10.2. The first kappa shape index (κ1) is 22.1. The number of hydrogen-bond donors (Lipinski definition) is 2. The van der Waals surface area contributed by atoms with Gasteiger partial charge in [0.25, 0.3) is 0 Å². The van der Waals surface area contributed by atoms with Crippen molar-refractivity contribution >= 4 is 23.5 Å². The number of esters is 1. The standard InChI is InChI=1S/C23H26N2O6/c1-14-4-9-20(30-2)19(10-14)25-13-16(12-21(25)27)22(28)24-18(23(29)31-3)11-15-5-7-17(26)8-6-15/h4-10,16,18,26H,11-13H2,1-3H3,(H,24,28). The van der Waals surface area contributed by atoms with Crippen LogP contribution in [0, 0.1) is 12.8 Å². The first-order chi connectivity index (χ1) is 14.8. The maximum atomic E-state index is 12.9. The Bertz CT molecular complexity index is 973. The molecule has 1 saturated heterocycles. The van der Waals surface area contributed by atoms with E-state index in [4.69, 9.17) is 9.47 Å². The minimum atomic E-state index is -0.903. The monoisotopic (exact) mass is 426 g/mol. The number of carbonyl (C=O) groups is 3. The van der Waals surface area contributed by atoms with Crippen LogP contribution in [0.4, 0.5) is 5.69 Å². The third-order valence-electron chi connectivity index (χ3n) is 5.30. The van der Waals surface area contributed by atoms with Crippen molar-refractivity contribution in [1.82, 2.24) is 5.32 Å². The Labute approximate surface area is 180 Å². The lowest BCUT2D eigenvalue weighted by molar-refractivity contribution is -0.145. The predicted octanol–water partition coefficient (Wildman–Crippen LogP) is 1.96. The van der Waals surface area contributed by atoms with Crippen molar-refractivity contribution in [3.8, 4) is 11.5 Å². The Morgan fingerprint density at radius 3 is 2.55 bits per heavy atom. The van der Waals surface area contributed by atoms with E-state index in [0.29, 0.717) is 11.4 Å². The van der Waals surface area contributed by atoms with E-state index in [1.165, 1.54) is 26.4 Å². The molecular weight excluding hydrogens is 400 g/mol. The molecule has 2 aromatic rings. The van der Waals surface area contributed by atoms with E-state index in [2.05, 4.69) is 5.32 Å². The number of nitrogens with zero attached hydrogens (tertiary/aromatic N) is 1. The second kappa shape index (κ2) is 9.51. The molecule has 0 radical (unpaired) electrons. The SMILES string of the molecule is COC(=O)C(Cc1ccc(O)cc1)NC(=O)C1CC(=O)N(c2cc(C)ccc2OC)C1. The molecule has 1 heterocycles. The Balaban J connectivity index is 1.72. The van der Waals surface area contributed by atoms with Gasteiger partial charge < -0.3 is 24.8 Å². The molecule has 0 spiro atoms. The van der Waals surface area contributed by atoms with Gasteiger partial charge in [0.15, 0.2) is 0 Å². The van der Waals surface area contributed by atoms with Crippen molar-refractivity contribution in [1.29, 1.82) is 0 Å². The largest absolute Gasteiger partial charge is 0.508 e. The lowest BCUT2D eigenvalue weighted by Gasteiger charge is -2.21.